The Balaban J connectivity index is 1.94. The molecule has 25 heavy (non-hydrogen) atoms. The van der Waals surface area contributed by atoms with E-state index >= 15 is 0 Å². The number of aryl methyl sites for hydroxylation is 4. The molecule has 2 nitrogen and oxygen atoms in total. The van der Waals surface area contributed by atoms with Crippen LogP contribution < -0.4 is 0 Å². The summed E-state index contributed by atoms with van der Waals surface area (Å²) in [7, 11) is 0. The Bertz CT molecular complexity index is 1070. The fraction of sp³-hybridized carbons (Fsp3) is 0.174. The molecule has 0 spiro atoms. The summed E-state index contributed by atoms with van der Waals surface area (Å²) in [5, 5.41) is 0. The molecule has 0 fully saturated rings. The number of fused-ring (bicyclic) bond motifs is 1. The first-order valence-electron chi connectivity index (χ1n) is 8.60. The maximum Gasteiger partial charge on any atom is 0.141 e. The lowest BCUT2D eigenvalue weighted by Crippen LogP contribution is -1.94. The maximum absolute atomic E-state index is 4.90. The summed E-state index contributed by atoms with van der Waals surface area (Å²) in [5.41, 5.74) is 10.6. The molecule has 0 aliphatic carbocycles. The molecule has 0 saturated carbocycles. The van der Waals surface area contributed by atoms with Gasteiger partial charge in [0, 0.05) is 17.3 Å². The maximum atomic E-state index is 4.90. The Hall–Kier alpha value is -2.87. The molecule has 2 heterocycles. The van der Waals surface area contributed by atoms with Gasteiger partial charge in [-0.25, -0.2) is 4.98 Å². The molecule has 4 aromatic rings. The van der Waals surface area contributed by atoms with Gasteiger partial charge in [0.15, 0.2) is 0 Å². The van der Waals surface area contributed by atoms with Gasteiger partial charge in [-0.15, -0.1) is 0 Å². The molecule has 0 atom stereocenters. The van der Waals surface area contributed by atoms with Gasteiger partial charge in [0.25, 0.3) is 0 Å². The van der Waals surface area contributed by atoms with Crippen molar-refractivity contribution < 1.29 is 0 Å². The van der Waals surface area contributed by atoms with Crippen LogP contribution in [0.1, 0.15) is 22.3 Å². The van der Waals surface area contributed by atoms with Crippen molar-refractivity contribution in [2.24, 2.45) is 0 Å². The Kier molecular flexibility index (Phi) is 3.69. The van der Waals surface area contributed by atoms with Gasteiger partial charge in [0.1, 0.15) is 5.65 Å². The fourth-order valence-corrected chi connectivity index (χ4v) is 3.59. The number of pyridine rings is 1. The molecule has 0 amide bonds. The smallest absolute Gasteiger partial charge is 0.141 e. The number of imidazole rings is 1. The average Bonchev–Trinajstić information content (AvgIpc) is 3.02. The molecule has 0 N–H and O–H groups in total. The zero-order valence-electron chi connectivity index (χ0n) is 15.1. The van der Waals surface area contributed by atoms with E-state index in [9.17, 15) is 0 Å². The van der Waals surface area contributed by atoms with Crippen molar-refractivity contribution >= 4 is 5.65 Å². The first-order valence-corrected chi connectivity index (χ1v) is 8.60. The summed E-state index contributed by atoms with van der Waals surface area (Å²) in [6.45, 7) is 8.60. The van der Waals surface area contributed by atoms with Gasteiger partial charge in [-0.1, -0.05) is 42.5 Å². The van der Waals surface area contributed by atoms with Crippen LogP contribution in [0.2, 0.25) is 0 Å². The number of hydrogen-bond donors (Lipinski definition) is 0. The average molecular weight is 325 g/mol. The fourth-order valence-electron chi connectivity index (χ4n) is 3.59. The van der Waals surface area contributed by atoms with Crippen LogP contribution in [-0.4, -0.2) is 9.38 Å². The summed E-state index contributed by atoms with van der Waals surface area (Å²) < 4.78 is 2.01. The van der Waals surface area contributed by atoms with Gasteiger partial charge in [-0.2, -0.15) is 0 Å². The summed E-state index contributed by atoms with van der Waals surface area (Å²) in [6, 6.07) is 17.0. The minimum atomic E-state index is 0.903. The second-order valence-electron chi connectivity index (χ2n) is 6.70. The zero-order chi connectivity index (χ0) is 17.6. The number of aromatic nitrogens is 2. The molecule has 0 aliphatic heterocycles. The van der Waals surface area contributed by atoms with E-state index in [1.165, 1.54) is 33.4 Å². The molecule has 123 valence electrons. The van der Waals surface area contributed by atoms with E-state index in [2.05, 4.69) is 88.6 Å². The van der Waals surface area contributed by atoms with Crippen LogP contribution in [0.3, 0.4) is 0 Å². The standard InChI is InChI=1S/C23H21N2/c1-15-8-5-6-11-19(15)21-14-25-13-12-20(18(4)23(25)24-21)22-16(2)9-7-10-17(22)3/h5-13H,1-4H3. The van der Waals surface area contributed by atoms with Gasteiger partial charge in [0.2, 0.25) is 0 Å². The molecule has 0 bridgehead atoms. The summed E-state index contributed by atoms with van der Waals surface area (Å²) in [6.07, 6.45) is 5.47. The van der Waals surface area contributed by atoms with Crippen molar-refractivity contribution in [1.82, 2.24) is 9.38 Å². The van der Waals surface area contributed by atoms with E-state index in [1.54, 1.807) is 0 Å². The molecule has 1 radical (unpaired) electrons. The normalized spacial score (nSPS) is 11.2. The number of rotatable bonds is 2. The predicted molar refractivity (Wildman–Crippen MR) is 104 cm³/mol. The van der Waals surface area contributed by atoms with Crippen molar-refractivity contribution in [3.8, 4) is 22.4 Å². The summed E-state index contributed by atoms with van der Waals surface area (Å²) in [5.74, 6) is 0. The van der Waals surface area contributed by atoms with Gasteiger partial charge in [-0.05, 0) is 61.6 Å². The van der Waals surface area contributed by atoms with E-state index in [0.717, 1.165) is 16.9 Å². The largest absolute Gasteiger partial charge is 0.297 e. The number of benzene rings is 2. The SMILES string of the molecule is Cc1ccccc1-c1[c]n2ccc(-c3c(C)cccc3C)c(C)c2n1. The highest BCUT2D eigenvalue weighted by molar-refractivity contribution is 5.79. The lowest BCUT2D eigenvalue weighted by Gasteiger charge is -2.13. The van der Waals surface area contributed by atoms with Crippen LogP contribution in [0.25, 0.3) is 28.0 Å². The molecule has 0 saturated heterocycles. The first-order chi connectivity index (χ1) is 12.1. The van der Waals surface area contributed by atoms with Crippen LogP contribution in [0.15, 0.2) is 54.7 Å². The quantitative estimate of drug-likeness (QED) is 0.462. The zero-order valence-corrected chi connectivity index (χ0v) is 15.1. The third kappa shape index (κ3) is 2.54. The minimum Gasteiger partial charge on any atom is -0.297 e. The highest BCUT2D eigenvalue weighted by Crippen LogP contribution is 2.32. The summed E-state index contributed by atoms with van der Waals surface area (Å²) in [4.78, 5) is 4.90. The molecular weight excluding hydrogens is 304 g/mol. The molecule has 4 rings (SSSR count). The molecule has 2 heteroatoms. The second kappa shape index (κ2) is 5.89. The topological polar surface area (TPSA) is 17.3 Å². The number of nitrogens with zero attached hydrogens (tertiary/aromatic N) is 2. The highest BCUT2D eigenvalue weighted by Gasteiger charge is 2.14. The van der Waals surface area contributed by atoms with Crippen molar-refractivity contribution in [1.29, 1.82) is 0 Å². The van der Waals surface area contributed by atoms with Crippen LogP contribution in [0, 0.1) is 33.9 Å². The summed E-state index contributed by atoms with van der Waals surface area (Å²) >= 11 is 0. The lowest BCUT2D eigenvalue weighted by molar-refractivity contribution is 1.15. The van der Waals surface area contributed by atoms with E-state index in [4.69, 9.17) is 4.98 Å². The molecule has 0 aliphatic rings. The van der Waals surface area contributed by atoms with Crippen molar-refractivity contribution in [2.45, 2.75) is 27.7 Å². The van der Waals surface area contributed by atoms with E-state index in [-0.39, 0.29) is 0 Å². The van der Waals surface area contributed by atoms with Crippen LogP contribution in [0.4, 0.5) is 0 Å². The van der Waals surface area contributed by atoms with Crippen molar-refractivity contribution in [3.05, 3.63) is 83.2 Å². The third-order valence-electron chi connectivity index (χ3n) is 4.95. The van der Waals surface area contributed by atoms with E-state index in [1.807, 2.05) is 4.40 Å². The van der Waals surface area contributed by atoms with Gasteiger partial charge < -0.3 is 0 Å². The van der Waals surface area contributed by atoms with Crippen molar-refractivity contribution in [2.75, 3.05) is 0 Å². The highest BCUT2D eigenvalue weighted by atomic mass is 15.0. The Morgan fingerprint density at radius 1 is 0.760 bits per heavy atom. The predicted octanol–water partition coefficient (Wildman–Crippen LogP) is 5.70. The molecule has 2 aromatic heterocycles. The Morgan fingerprint density at radius 2 is 1.44 bits per heavy atom. The van der Waals surface area contributed by atoms with Gasteiger partial charge >= 0.3 is 0 Å². The van der Waals surface area contributed by atoms with E-state index in [0.29, 0.717) is 0 Å². The Morgan fingerprint density at radius 3 is 2.16 bits per heavy atom. The second-order valence-corrected chi connectivity index (χ2v) is 6.70. The van der Waals surface area contributed by atoms with Crippen LogP contribution in [0.5, 0.6) is 0 Å². The number of hydrogen-bond acceptors (Lipinski definition) is 1. The minimum absolute atomic E-state index is 0.903. The Labute approximate surface area is 148 Å². The van der Waals surface area contributed by atoms with Gasteiger partial charge in [-0.3, -0.25) is 4.40 Å². The third-order valence-corrected chi connectivity index (χ3v) is 4.95. The lowest BCUT2D eigenvalue weighted by atomic mass is 9.94. The monoisotopic (exact) mass is 325 g/mol. The molecular formula is C23H21N2. The molecule has 2 aromatic carbocycles. The van der Waals surface area contributed by atoms with Crippen LogP contribution in [-0.2, 0) is 0 Å². The van der Waals surface area contributed by atoms with E-state index < -0.39 is 0 Å². The van der Waals surface area contributed by atoms with Gasteiger partial charge in [0.05, 0.1) is 11.9 Å². The van der Waals surface area contributed by atoms with Crippen LogP contribution >= 0.6 is 0 Å². The first kappa shape index (κ1) is 15.6. The molecule has 0 unspecified atom stereocenters. The van der Waals surface area contributed by atoms with Crippen molar-refractivity contribution in [3.63, 3.8) is 0 Å².